The van der Waals surface area contributed by atoms with Gasteiger partial charge in [-0.2, -0.15) is 0 Å². The second kappa shape index (κ2) is 7.99. The average Bonchev–Trinajstić information content (AvgIpc) is 3.50. The average molecular weight is 367 g/mol. The molecule has 1 aliphatic carbocycles. The minimum atomic E-state index is -1.03. The summed E-state index contributed by atoms with van der Waals surface area (Å²) in [6.45, 7) is 2.32. The van der Waals surface area contributed by atoms with Crippen molar-refractivity contribution < 1.29 is 19.1 Å². The zero-order valence-electron chi connectivity index (χ0n) is 15.0. The lowest BCUT2D eigenvalue weighted by molar-refractivity contribution is -0.134. The Bertz CT molecular complexity index is 830. The van der Waals surface area contributed by atoms with Gasteiger partial charge in [0.15, 0.2) is 0 Å². The Labute approximate surface area is 157 Å². The first-order valence-electron chi connectivity index (χ1n) is 8.82. The van der Waals surface area contributed by atoms with Crippen LogP contribution in [0.2, 0.25) is 0 Å². The number of anilines is 1. The Kier molecular flexibility index (Phi) is 5.49. The smallest absolute Gasteiger partial charge is 0.338 e. The third-order valence-corrected chi connectivity index (χ3v) is 4.43. The second-order valence-electron chi connectivity index (χ2n) is 6.34. The van der Waals surface area contributed by atoms with Crippen molar-refractivity contribution >= 4 is 23.5 Å². The first-order valence-corrected chi connectivity index (χ1v) is 8.82. The van der Waals surface area contributed by atoms with Gasteiger partial charge in [0.25, 0.3) is 0 Å². The van der Waals surface area contributed by atoms with Crippen LogP contribution in [0.5, 0.6) is 0 Å². The van der Waals surface area contributed by atoms with Crippen molar-refractivity contribution in [3.63, 3.8) is 0 Å². The van der Waals surface area contributed by atoms with E-state index in [0.29, 0.717) is 30.7 Å². The summed E-state index contributed by atoms with van der Waals surface area (Å²) in [4.78, 5) is 40.9. The number of amides is 2. The van der Waals surface area contributed by atoms with Gasteiger partial charge >= 0.3 is 5.97 Å². The number of nitrogens with zero attached hydrogens (tertiary/aromatic N) is 1. The van der Waals surface area contributed by atoms with E-state index in [1.54, 1.807) is 43.5 Å². The molecule has 1 saturated carbocycles. The number of aromatic nitrogens is 1. The number of rotatable bonds is 7. The Morgan fingerprint density at radius 1 is 1.07 bits per heavy atom. The molecule has 1 heterocycles. The molecule has 1 aliphatic rings. The molecule has 7 heteroatoms. The van der Waals surface area contributed by atoms with Crippen LogP contribution in [0.15, 0.2) is 48.7 Å². The summed E-state index contributed by atoms with van der Waals surface area (Å²) in [6.07, 6.45) is 2.67. The highest BCUT2D eigenvalue weighted by Crippen LogP contribution is 2.46. The summed E-state index contributed by atoms with van der Waals surface area (Å²) in [5.74, 6) is -1.05. The van der Waals surface area contributed by atoms with Gasteiger partial charge in [-0.15, -0.1) is 0 Å². The van der Waals surface area contributed by atoms with Gasteiger partial charge in [0.2, 0.25) is 11.8 Å². The molecule has 0 radical (unpaired) electrons. The molecule has 0 bridgehead atoms. The summed E-state index contributed by atoms with van der Waals surface area (Å²) in [5.41, 5.74) is 0.631. The molecule has 140 valence electrons. The number of hydrogen-bond acceptors (Lipinski definition) is 5. The maximum absolute atomic E-state index is 12.6. The highest BCUT2D eigenvalue weighted by molar-refractivity contribution is 6.13. The topological polar surface area (TPSA) is 97.4 Å². The molecular formula is C20H21N3O4. The van der Waals surface area contributed by atoms with E-state index in [1.165, 1.54) is 0 Å². The summed E-state index contributed by atoms with van der Waals surface area (Å²) >= 11 is 0. The van der Waals surface area contributed by atoms with E-state index in [1.807, 2.05) is 12.1 Å². The molecule has 3 rings (SSSR count). The fraction of sp³-hybridized carbons (Fsp3) is 0.300. The van der Waals surface area contributed by atoms with Crippen molar-refractivity contribution in [2.75, 3.05) is 11.9 Å². The second-order valence-corrected chi connectivity index (χ2v) is 6.34. The van der Waals surface area contributed by atoms with Crippen LogP contribution in [0, 0.1) is 5.41 Å². The molecule has 1 fully saturated rings. The first kappa shape index (κ1) is 18.6. The quantitative estimate of drug-likeness (QED) is 0.578. The van der Waals surface area contributed by atoms with Crippen molar-refractivity contribution in [2.45, 2.75) is 26.3 Å². The van der Waals surface area contributed by atoms with Crippen molar-refractivity contribution in [1.29, 1.82) is 0 Å². The summed E-state index contributed by atoms with van der Waals surface area (Å²) in [5, 5.41) is 5.54. The highest BCUT2D eigenvalue weighted by Gasteiger charge is 2.56. The molecule has 0 atom stereocenters. The Hall–Kier alpha value is -3.22. The van der Waals surface area contributed by atoms with Crippen LogP contribution >= 0.6 is 0 Å². The summed E-state index contributed by atoms with van der Waals surface area (Å²) in [7, 11) is 0. The number of esters is 1. The van der Waals surface area contributed by atoms with Gasteiger partial charge in [-0.1, -0.05) is 6.07 Å². The number of benzene rings is 1. The third-order valence-electron chi connectivity index (χ3n) is 4.43. The molecule has 1 aromatic carbocycles. The Morgan fingerprint density at radius 3 is 2.41 bits per heavy atom. The maximum atomic E-state index is 12.6. The molecule has 0 spiro atoms. The van der Waals surface area contributed by atoms with E-state index < -0.39 is 11.4 Å². The molecule has 0 unspecified atom stereocenters. The molecule has 2 amide bonds. The Morgan fingerprint density at radius 2 is 1.81 bits per heavy atom. The van der Waals surface area contributed by atoms with E-state index >= 15 is 0 Å². The number of nitrogens with one attached hydrogen (secondary N) is 2. The predicted molar refractivity (Wildman–Crippen MR) is 98.8 cm³/mol. The van der Waals surface area contributed by atoms with Crippen molar-refractivity contribution in [2.24, 2.45) is 5.41 Å². The molecule has 0 aliphatic heterocycles. The number of pyridine rings is 1. The molecule has 0 saturated heterocycles. The largest absolute Gasteiger partial charge is 0.462 e. The fourth-order valence-corrected chi connectivity index (χ4v) is 2.68. The lowest BCUT2D eigenvalue weighted by atomic mass is 10.0. The van der Waals surface area contributed by atoms with Gasteiger partial charge < -0.3 is 15.4 Å². The molecular weight excluding hydrogens is 346 g/mol. The van der Waals surface area contributed by atoms with Gasteiger partial charge in [-0.3, -0.25) is 14.6 Å². The SMILES string of the molecule is CCOC(=O)c1ccc(NC(=O)C2(C(=O)NCc3ccccn3)CC2)cc1. The summed E-state index contributed by atoms with van der Waals surface area (Å²) < 4.78 is 4.92. The summed E-state index contributed by atoms with van der Waals surface area (Å²) in [6, 6.07) is 11.8. The van der Waals surface area contributed by atoms with Crippen LogP contribution in [-0.4, -0.2) is 29.4 Å². The number of carbonyl (C=O) groups is 3. The maximum Gasteiger partial charge on any atom is 0.338 e. The predicted octanol–water partition coefficient (Wildman–Crippen LogP) is 2.29. The van der Waals surface area contributed by atoms with E-state index in [4.69, 9.17) is 4.74 Å². The van der Waals surface area contributed by atoms with Gasteiger partial charge in [0, 0.05) is 11.9 Å². The number of ether oxygens (including phenoxy) is 1. The standard InChI is InChI=1S/C20H21N3O4/c1-2-27-17(24)14-6-8-15(9-7-14)23-19(26)20(10-11-20)18(25)22-13-16-5-3-4-12-21-16/h3-9,12H,2,10-11,13H2,1H3,(H,22,25)(H,23,26). The van der Waals surface area contributed by atoms with E-state index in [2.05, 4.69) is 15.6 Å². The van der Waals surface area contributed by atoms with E-state index in [0.717, 1.165) is 5.69 Å². The number of hydrogen-bond donors (Lipinski definition) is 2. The lowest BCUT2D eigenvalue weighted by Crippen LogP contribution is -2.39. The highest BCUT2D eigenvalue weighted by atomic mass is 16.5. The monoisotopic (exact) mass is 367 g/mol. The van der Waals surface area contributed by atoms with Gasteiger partial charge in [-0.05, 0) is 56.2 Å². The number of carbonyl (C=O) groups excluding carboxylic acids is 3. The minimum absolute atomic E-state index is 0.281. The van der Waals surface area contributed by atoms with Gasteiger partial charge in [-0.25, -0.2) is 4.79 Å². The molecule has 2 N–H and O–H groups in total. The zero-order valence-corrected chi connectivity index (χ0v) is 15.0. The minimum Gasteiger partial charge on any atom is -0.462 e. The van der Waals surface area contributed by atoms with Crippen LogP contribution in [-0.2, 0) is 20.9 Å². The van der Waals surface area contributed by atoms with Crippen molar-refractivity contribution in [3.05, 3.63) is 59.9 Å². The fourth-order valence-electron chi connectivity index (χ4n) is 2.68. The third kappa shape index (κ3) is 4.31. The zero-order chi connectivity index (χ0) is 19.3. The van der Waals surface area contributed by atoms with E-state index in [-0.39, 0.29) is 18.4 Å². The van der Waals surface area contributed by atoms with Crippen LogP contribution < -0.4 is 10.6 Å². The van der Waals surface area contributed by atoms with Crippen LogP contribution in [0.4, 0.5) is 5.69 Å². The molecule has 2 aromatic rings. The normalized spacial score (nSPS) is 14.1. The van der Waals surface area contributed by atoms with Crippen LogP contribution in [0.3, 0.4) is 0 Å². The Balaban J connectivity index is 1.58. The molecule has 27 heavy (non-hydrogen) atoms. The van der Waals surface area contributed by atoms with Gasteiger partial charge in [0.1, 0.15) is 5.41 Å². The van der Waals surface area contributed by atoms with E-state index in [9.17, 15) is 14.4 Å². The van der Waals surface area contributed by atoms with Crippen LogP contribution in [0.25, 0.3) is 0 Å². The lowest BCUT2D eigenvalue weighted by Gasteiger charge is -2.15. The van der Waals surface area contributed by atoms with Crippen LogP contribution in [0.1, 0.15) is 35.8 Å². The molecule has 1 aromatic heterocycles. The van der Waals surface area contributed by atoms with Crippen molar-refractivity contribution in [1.82, 2.24) is 10.3 Å². The first-order chi connectivity index (χ1) is 13.0. The van der Waals surface area contributed by atoms with Crippen molar-refractivity contribution in [3.8, 4) is 0 Å². The van der Waals surface area contributed by atoms with Gasteiger partial charge in [0.05, 0.1) is 24.4 Å². The molecule has 7 nitrogen and oxygen atoms in total.